The molecule has 0 aliphatic rings. The van der Waals surface area contributed by atoms with Crippen LogP contribution in [0.15, 0.2) is 0 Å². The average molecular weight is 286 g/mol. The van der Waals surface area contributed by atoms with Gasteiger partial charge in [0.1, 0.15) is 0 Å². The van der Waals surface area contributed by atoms with Gasteiger partial charge >= 0.3 is 0 Å². The van der Waals surface area contributed by atoms with E-state index in [9.17, 15) is 0 Å². The van der Waals surface area contributed by atoms with Gasteiger partial charge in [0.15, 0.2) is 0 Å². The Labute approximate surface area is 130 Å². The van der Waals surface area contributed by atoms with Crippen molar-refractivity contribution in [3.05, 3.63) is 0 Å². The maximum Gasteiger partial charge on any atom is -0.00218 e. The normalized spacial score (nSPS) is 10.5. The number of rotatable bonds is 14. The largest absolute Gasteiger partial charge is 0.306 e. The molecule has 124 valence electrons. The zero-order valence-corrected chi connectivity index (χ0v) is 15.3. The van der Waals surface area contributed by atoms with Gasteiger partial charge in [0.05, 0.1) is 0 Å². The molecule has 0 bridgehead atoms. The van der Waals surface area contributed by atoms with Crippen molar-refractivity contribution >= 4 is 0 Å². The van der Waals surface area contributed by atoms with Crippen molar-refractivity contribution < 1.29 is 0 Å². The molecule has 0 fully saturated rings. The van der Waals surface area contributed by atoms with Crippen LogP contribution in [0.4, 0.5) is 0 Å². The van der Waals surface area contributed by atoms with Gasteiger partial charge in [-0.3, -0.25) is 0 Å². The Hall–Kier alpha value is -0.0400. The van der Waals surface area contributed by atoms with E-state index in [4.69, 9.17) is 0 Å². The highest BCUT2D eigenvalue weighted by molar-refractivity contribution is 4.54. The average Bonchev–Trinajstić information content (AvgIpc) is 2.48. The van der Waals surface area contributed by atoms with Gasteiger partial charge < -0.3 is 4.90 Å². The van der Waals surface area contributed by atoms with Crippen LogP contribution in [-0.2, 0) is 0 Å². The first-order valence-electron chi connectivity index (χ1n) is 9.49. The quantitative estimate of drug-likeness (QED) is 0.322. The summed E-state index contributed by atoms with van der Waals surface area (Å²) in [6.45, 7) is 11.2. The van der Waals surface area contributed by atoms with Gasteiger partial charge in [-0.15, -0.1) is 0 Å². The standard InChI is InChI=1S/C17H37N.C2H6/c1-4-6-8-10-12-14-16-18(3)17-15-13-11-9-7-5-2;1-2/h4-17H2,1-3H3;1-2H3. The summed E-state index contributed by atoms with van der Waals surface area (Å²) in [6, 6.07) is 0. The van der Waals surface area contributed by atoms with Crippen LogP contribution in [0.5, 0.6) is 0 Å². The van der Waals surface area contributed by atoms with Crippen molar-refractivity contribution in [1.29, 1.82) is 0 Å². The third-order valence-corrected chi connectivity index (χ3v) is 3.79. The summed E-state index contributed by atoms with van der Waals surface area (Å²) in [6.07, 6.45) is 17.0. The van der Waals surface area contributed by atoms with Crippen LogP contribution in [0.2, 0.25) is 0 Å². The summed E-state index contributed by atoms with van der Waals surface area (Å²) in [5.74, 6) is 0. The molecule has 0 aromatic carbocycles. The topological polar surface area (TPSA) is 3.24 Å². The lowest BCUT2D eigenvalue weighted by molar-refractivity contribution is 0.314. The van der Waals surface area contributed by atoms with E-state index < -0.39 is 0 Å². The lowest BCUT2D eigenvalue weighted by atomic mass is 10.1. The number of hydrogen-bond acceptors (Lipinski definition) is 1. The van der Waals surface area contributed by atoms with Crippen molar-refractivity contribution in [3.8, 4) is 0 Å². The van der Waals surface area contributed by atoms with Gasteiger partial charge in [-0.1, -0.05) is 91.9 Å². The Morgan fingerprint density at radius 2 is 0.800 bits per heavy atom. The first kappa shape index (κ1) is 22.2. The molecule has 0 heterocycles. The van der Waals surface area contributed by atoms with Gasteiger partial charge in [-0.2, -0.15) is 0 Å². The molecule has 0 aliphatic carbocycles. The second kappa shape index (κ2) is 21.3. The maximum absolute atomic E-state index is 2.53. The summed E-state index contributed by atoms with van der Waals surface area (Å²) in [4.78, 5) is 2.53. The van der Waals surface area contributed by atoms with Crippen molar-refractivity contribution in [3.63, 3.8) is 0 Å². The zero-order chi connectivity index (χ0) is 15.5. The van der Waals surface area contributed by atoms with E-state index in [2.05, 4.69) is 25.8 Å². The Balaban J connectivity index is 0. The summed E-state index contributed by atoms with van der Waals surface area (Å²) in [5, 5.41) is 0. The molecule has 0 atom stereocenters. The summed E-state index contributed by atoms with van der Waals surface area (Å²) in [7, 11) is 2.29. The number of unbranched alkanes of at least 4 members (excludes halogenated alkanes) is 10. The minimum absolute atomic E-state index is 1.31. The molecule has 1 nitrogen and oxygen atoms in total. The molecule has 0 aromatic rings. The molecule has 0 rings (SSSR count). The molecule has 0 spiro atoms. The van der Waals surface area contributed by atoms with Gasteiger partial charge in [-0.25, -0.2) is 0 Å². The molecule has 1 heteroatoms. The SMILES string of the molecule is CC.CCCCCCCCN(C)CCCCCCCC. The Kier molecular flexibility index (Phi) is 23.6. The summed E-state index contributed by atoms with van der Waals surface area (Å²) >= 11 is 0. The molecule has 0 aliphatic heterocycles. The molecule has 0 amide bonds. The van der Waals surface area contributed by atoms with E-state index in [0.717, 1.165) is 0 Å². The highest BCUT2D eigenvalue weighted by atomic mass is 15.1. The van der Waals surface area contributed by atoms with E-state index in [0.29, 0.717) is 0 Å². The third-order valence-electron chi connectivity index (χ3n) is 3.79. The predicted octanol–water partition coefficient (Wildman–Crippen LogP) is 6.67. The van der Waals surface area contributed by atoms with Gasteiger partial charge in [0, 0.05) is 0 Å². The fourth-order valence-corrected chi connectivity index (χ4v) is 2.44. The van der Waals surface area contributed by atoms with E-state index in [1.807, 2.05) is 13.8 Å². The molecule has 0 saturated heterocycles. The second-order valence-corrected chi connectivity index (χ2v) is 5.84. The first-order valence-corrected chi connectivity index (χ1v) is 9.49. The van der Waals surface area contributed by atoms with Crippen molar-refractivity contribution in [2.24, 2.45) is 0 Å². The Bertz CT molecular complexity index is 129. The lowest BCUT2D eigenvalue weighted by Crippen LogP contribution is -2.20. The van der Waals surface area contributed by atoms with Crippen LogP contribution < -0.4 is 0 Å². The summed E-state index contributed by atoms with van der Waals surface area (Å²) < 4.78 is 0. The van der Waals surface area contributed by atoms with Crippen molar-refractivity contribution in [2.45, 2.75) is 105 Å². The zero-order valence-electron chi connectivity index (χ0n) is 15.3. The molecule has 0 N–H and O–H groups in total. The molecule has 0 saturated carbocycles. The third kappa shape index (κ3) is 20.3. The van der Waals surface area contributed by atoms with E-state index in [1.54, 1.807) is 0 Å². The van der Waals surface area contributed by atoms with Crippen LogP contribution in [0.3, 0.4) is 0 Å². The predicted molar refractivity (Wildman–Crippen MR) is 95.6 cm³/mol. The van der Waals surface area contributed by atoms with Crippen LogP contribution in [0, 0.1) is 0 Å². The minimum Gasteiger partial charge on any atom is -0.306 e. The second-order valence-electron chi connectivity index (χ2n) is 5.84. The molecular weight excluding hydrogens is 242 g/mol. The minimum atomic E-state index is 1.31. The maximum atomic E-state index is 2.53. The fourth-order valence-electron chi connectivity index (χ4n) is 2.44. The number of hydrogen-bond donors (Lipinski definition) is 0. The smallest absolute Gasteiger partial charge is 0.00218 e. The monoisotopic (exact) mass is 285 g/mol. The van der Waals surface area contributed by atoms with Crippen LogP contribution in [-0.4, -0.2) is 25.0 Å². The molecule has 0 aromatic heterocycles. The number of nitrogens with zero attached hydrogens (tertiary/aromatic N) is 1. The highest BCUT2D eigenvalue weighted by Gasteiger charge is 1.98. The van der Waals surface area contributed by atoms with E-state index in [1.165, 1.54) is 90.1 Å². The highest BCUT2D eigenvalue weighted by Crippen LogP contribution is 2.07. The Morgan fingerprint density at radius 3 is 1.15 bits per heavy atom. The van der Waals surface area contributed by atoms with Crippen LogP contribution in [0.1, 0.15) is 105 Å². The molecule has 20 heavy (non-hydrogen) atoms. The van der Waals surface area contributed by atoms with Crippen LogP contribution in [0.25, 0.3) is 0 Å². The van der Waals surface area contributed by atoms with Gasteiger partial charge in [0.25, 0.3) is 0 Å². The van der Waals surface area contributed by atoms with Crippen LogP contribution >= 0.6 is 0 Å². The van der Waals surface area contributed by atoms with Crippen molar-refractivity contribution in [1.82, 2.24) is 4.90 Å². The van der Waals surface area contributed by atoms with Gasteiger partial charge in [0.2, 0.25) is 0 Å². The fraction of sp³-hybridized carbons (Fsp3) is 1.00. The van der Waals surface area contributed by atoms with E-state index >= 15 is 0 Å². The first-order chi connectivity index (χ1) is 9.81. The summed E-state index contributed by atoms with van der Waals surface area (Å²) in [5.41, 5.74) is 0. The molecule has 0 unspecified atom stereocenters. The molecule has 0 radical (unpaired) electrons. The van der Waals surface area contributed by atoms with Gasteiger partial charge in [-0.05, 0) is 33.0 Å². The molecular formula is C19H43N. The van der Waals surface area contributed by atoms with Crippen molar-refractivity contribution in [2.75, 3.05) is 20.1 Å². The lowest BCUT2D eigenvalue weighted by Gasteiger charge is -2.16. The Morgan fingerprint density at radius 1 is 0.500 bits per heavy atom. The van der Waals surface area contributed by atoms with E-state index in [-0.39, 0.29) is 0 Å².